The Hall–Kier alpha value is -2.18. The molecule has 0 aliphatic rings. The van der Waals surface area contributed by atoms with Gasteiger partial charge in [0.1, 0.15) is 4.88 Å². The summed E-state index contributed by atoms with van der Waals surface area (Å²) < 4.78 is 0. The summed E-state index contributed by atoms with van der Waals surface area (Å²) in [5, 5.41) is 11.7. The second-order valence-corrected chi connectivity index (χ2v) is 5.90. The number of amides is 1. The lowest BCUT2D eigenvalue weighted by atomic mass is 10.1. The highest BCUT2D eigenvalue weighted by atomic mass is 32.1. The molecule has 0 spiro atoms. The Morgan fingerprint density at radius 3 is 2.43 bits per heavy atom. The topological polar surface area (TPSA) is 69.6 Å². The van der Waals surface area contributed by atoms with E-state index < -0.39 is 5.97 Å². The number of nitrogens with one attached hydrogen (secondary N) is 1. The largest absolute Gasteiger partial charge is 0.477 e. The van der Waals surface area contributed by atoms with Crippen molar-refractivity contribution in [2.75, 3.05) is 19.4 Å². The van der Waals surface area contributed by atoms with E-state index in [-0.39, 0.29) is 10.8 Å². The number of aromatic carboxylic acids is 1. The fourth-order valence-electron chi connectivity index (χ4n) is 1.88. The van der Waals surface area contributed by atoms with Gasteiger partial charge in [0, 0.05) is 12.2 Å². The number of carbonyl (C=O) groups excluding carboxylic acids is 1. The molecule has 1 aromatic carbocycles. The van der Waals surface area contributed by atoms with E-state index in [1.807, 2.05) is 43.3 Å². The van der Waals surface area contributed by atoms with Gasteiger partial charge in [0.25, 0.3) is 5.91 Å². The molecule has 6 heteroatoms. The summed E-state index contributed by atoms with van der Waals surface area (Å²) in [6.45, 7) is 0.710. The molecule has 0 radical (unpaired) electrons. The first kappa shape index (κ1) is 15.2. The summed E-state index contributed by atoms with van der Waals surface area (Å²) in [5.74, 6) is -1.31. The van der Waals surface area contributed by atoms with E-state index >= 15 is 0 Å². The van der Waals surface area contributed by atoms with Gasteiger partial charge in [-0.15, -0.1) is 11.3 Å². The number of hydrogen-bond donors (Lipinski definition) is 2. The molecule has 21 heavy (non-hydrogen) atoms. The first-order valence-electron chi connectivity index (χ1n) is 6.34. The van der Waals surface area contributed by atoms with Gasteiger partial charge in [0.05, 0.1) is 4.88 Å². The average molecular weight is 304 g/mol. The number of para-hydroxylation sites is 1. The van der Waals surface area contributed by atoms with Gasteiger partial charge in [-0.25, -0.2) is 4.79 Å². The minimum absolute atomic E-state index is 0.154. The molecule has 0 aliphatic heterocycles. The lowest BCUT2D eigenvalue weighted by Gasteiger charge is -2.14. The molecule has 0 bridgehead atoms. The zero-order valence-electron chi connectivity index (χ0n) is 11.8. The van der Waals surface area contributed by atoms with Crippen molar-refractivity contribution in [3.8, 4) is 0 Å². The van der Waals surface area contributed by atoms with Crippen molar-refractivity contribution in [3.63, 3.8) is 0 Å². The first-order chi connectivity index (χ1) is 9.97. The van der Waals surface area contributed by atoms with Gasteiger partial charge in [-0.2, -0.15) is 0 Å². The van der Waals surface area contributed by atoms with E-state index in [1.165, 1.54) is 12.1 Å². The normalized spacial score (nSPS) is 10.6. The summed E-state index contributed by atoms with van der Waals surface area (Å²) >= 11 is 0.966. The van der Waals surface area contributed by atoms with Gasteiger partial charge in [0.2, 0.25) is 0 Å². The quantitative estimate of drug-likeness (QED) is 0.891. The summed E-state index contributed by atoms with van der Waals surface area (Å²) in [6, 6.07) is 10.5. The van der Waals surface area contributed by atoms with Gasteiger partial charge in [-0.05, 0) is 37.9 Å². The van der Waals surface area contributed by atoms with Crippen LogP contribution in [0.25, 0.3) is 0 Å². The maximum absolute atomic E-state index is 12.2. The monoisotopic (exact) mass is 304 g/mol. The predicted molar refractivity (Wildman–Crippen MR) is 83.1 cm³/mol. The standard InChI is InChI=1S/C15H16N2O3S/c1-17(2)9-10-5-3-4-6-11(10)16-14(18)12-7-8-13(21-12)15(19)20/h3-8H,9H2,1-2H3,(H,16,18)(H,19,20). The lowest BCUT2D eigenvalue weighted by molar-refractivity contribution is 0.0702. The first-order valence-corrected chi connectivity index (χ1v) is 7.16. The van der Waals surface area contributed by atoms with E-state index in [1.54, 1.807) is 0 Å². The van der Waals surface area contributed by atoms with Crippen molar-refractivity contribution in [1.29, 1.82) is 0 Å². The third-order valence-electron chi connectivity index (χ3n) is 2.79. The number of hydrogen-bond acceptors (Lipinski definition) is 4. The smallest absolute Gasteiger partial charge is 0.345 e. The molecular formula is C15H16N2O3S. The molecule has 2 rings (SSSR count). The molecule has 0 saturated heterocycles. The number of rotatable bonds is 5. The van der Waals surface area contributed by atoms with Crippen LogP contribution in [0.5, 0.6) is 0 Å². The highest BCUT2D eigenvalue weighted by Crippen LogP contribution is 2.21. The zero-order chi connectivity index (χ0) is 15.4. The van der Waals surface area contributed by atoms with Crippen LogP contribution in [0.15, 0.2) is 36.4 Å². The van der Waals surface area contributed by atoms with Crippen molar-refractivity contribution in [3.05, 3.63) is 51.7 Å². The van der Waals surface area contributed by atoms with Crippen LogP contribution in [0.3, 0.4) is 0 Å². The highest BCUT2D eigenvalue weighted by molar-refractivity contribution is 7.15. The van der Waals surface area contributed by atoms with Gasteiger partial charge >= 0.3 is 5.97 Å². The van der Waals surface area contributed by atoms with Gasteiger partial charge in [0.15, 0.2) is 0 Å². The molecule has 2 aromatic rings. The molecule has 0 saturated carbocycles. The molecule has 1 amide bonds. The van der Waals surface area contributed by atoms with Crippen molar-refractivity contribution in [2.45, 2.75) is 6.54 Å². The third-order valence-corrected chi connectivity index (χ3v) is 3.86. The van der Waals surface area contributed by atoms with E-state index in [9.17, 15) is 9.59 Å². The van der Waals surface area contributed by atoms with Crippen molar-refractivity contribution in [1.82, 2.24) is 4.90 Å². The number of carbonyl (C=O) groups is 2. The van der Waals surface area contributed by atoms with E-state index in [0.29, 0.717) is 11.4 Å². The van der Waals surface area contributed by atoms with Crippen LogP contribution in [-0.2, 0) is 6.54 Å². The number of benzene rings is 1. The minimum atomic E-state index is -1.02. The highest BCUT2D eigenvalue weighted by Gasteiger charge is 2.14. The van der Waals surface area contributed by atoms with Gasteiger partial charge in [-0.3, -0.25) is 4.79 Å². The Labute approximate surface area is 126 Å². The molecular weight excluding hydrogens is 288 g/mol. The number of anilines is 1. The van der Waals surface area contributed by atoms with E-state index in [2.05, 4.69) is 5.32 Å². The fourth-order valence-corrected chi connectivity index (χ4v) is 2.62. The molecule has 0 unspecified atom stereocenters. The SMILES string of the molecule is CN(C)Cc1ccccc1NC(=O)c1ccc(C(=O)O)s1. The number of nitrogens with zero attached hydrogens (tertiary/aromatic N) is 1. The number of thiophene rings is 1. The zero-order valence-corrected chi connectivity index (χ0v) is 12.6. The molecule has 0 fully saturated rings. The van der Waals surface area contributed by atoms with Crippen LogP contribution in [0, 0.1) is 0 Å². The molecule has 1 aromatic heterocycles. The number of carboxylic acids is 1. The van der Waals surface area contributed by atoms with Crippen molar-refractivity contribution >= 4 is 28.9 Å². The van der Waals surface area contributed by atoms with E-state index in [4.69, 9.17) is 5.11 Å². The molecule has 1 heterocycles. The van der Waals surface area contributed by atoms with Gasteiger partial charge in [-0.1, -0.05) is 18.2 Å². The maximum atomic E-state index is 12.2. The Kier molecular flexibility index (Phi) is 4.72. The Morgan fingerprint density at radius 1 is 1.14 bits per heavy atom. The summed E-state index contributed by atoms with van der Waals surface area (Å²) in [5.41, 5.74) is 1.74. The molecule has 0 aliphatic carbocycles. The Balaban J connectivity index is 2.17. The van der Waals surface area contributed by atoms with E-state index in [0.717, 1.165) is 22.6 Å². The summed E-state index contributed by atoms with van der Waals surface area (Å²) in [6.07, 6.45) is 0. The van der Waals surface area contributed by atoms with Crippen LogP contribution in [0.2, 0.25) is 0 Å². The second kappa shape index (κ2) is 6.51. The average Bonchev–Trinajstić information content (AvgIpc) is 2.90. The minimum Gasteiger partial charge on any atom is -0.477 e. The molecule has 5 nitrogen and oxygen atoms in total. The Morgan fingerprint density at radius 2 is 1.81 bits per heavy atom. The fraction of sp³-hybridized carbons (Fsp3) is 0.200. The summed E-state index contributed by atoms with van der Waals surface area (Å²) in [7, 11) is 3.91. The molecule has 0 atom stereocenters. The van der Waals surface area contributed by atoms with Crippen LogP contribution in [-0.4, -0.2) is 36.0 Å². The predicted octanol–water partition coefficient (Wildman–Crippen LogP) is 2.76. The maximum Gasteiger partial charge on any atom is 0.345 e. The Bertz CT molecular complexity index is 664. The number of carboxylic acid groups (broad SMARTS) is 1. The van der Waals surface area contributed by atoms with Crippen molar-refractivity contribution in [2.24, 2.45) is 0 Å². The van der Waals surface area contributed by atoms with Crippen LogP contribution in [0.4, 0.5) is 5.69 Å². The lowest BCUT2D eigenvalue weighted by Crippen LogP contribution is -2.16. The molecule has 2 N–H and O–H groups in total. The van der Waals surface area contributed by atoms with Gasteiger partial charge < -0.3 is 15.3 Å². The third kappa shape index (κ3) is 3.90. The van der Waals surface area contributed by atoms with Crippen LogP contribution in [0.1, 0.15) is 24.9 Å². The molecule has 110 valence electrons. The van der Waals surface area contributed by atoms with Crippen LogP contribution < -0.4 is 5.32 Å². The summed E-state index contributed by atoms with van der Waals surface area (Å²) in [4.78, 5) is 25.6. The van der Waals surface area contributed by atoms with Crippen molar-refractivity contribution < 1.29 is 14.7 Å². The van der Waals surface area contributed by atoms with Crippen LogP contribution >= 0.6 is 11.3 Å². The second-order valence-electron chi connectivity index (χ2n) is 4.82.